The fourth-order valence-electron chi connectivity index (χ4n) is 2.70. The standard InChI is InChI=1S/C21H25N3O3/c1-16(25)23-19-11-6-12-20(14-19)24(17(2)26)15-21(27)22-13-7-10-18-8-4-3-5-9-18/h3-6,8-9,11-12,14H,7,10,13,15H2,1-2H3,(H,22,27)(H,23,25). The van der Waals surface area contributed by atoms with E-state index in [9.17, 15) is 14.4 Å². The third kappa shape index (κ3) is 6.93. The van der Waals surface area contributed by atoms with Gasteiger partial charge in [-0.05, 0) is 36.6 Å². The van der Waals surface area contributed by atoms with Crippen LogP contribution in [0.15, 0.2) is 54.6 Å². The largest absolute Gasteiger partial charge is 0.355 e. The van der Waals surface area contributed by atoms with Crippen molar-refractivity contribution < 1.29 is 14.4 Å². The number of hydrogen-bond acceptors (Lipinski definition) is 3. The van der Waals surface area contributed by atoms with E-state index in [0.29, 0.717) is 17.9 Å². The average molecular weight is 367 g/mol. The number of hydrogen-bond donors (Lipinski definition) is 2. The Morgan fingerprint density at radius 3 is 2.37 bits per heavy atom. The summed E-state index contributed by atoms with van der Waals surface area (Å²) in [5.41, 5.74) is 2.37. The molecule has 0 unspecified atom stereocenters. The first kappa shape index (κ1) is 20.2. The number of nitrogens with zero attached hydrogens (tertiary/aromatic N) is 1. The lowest BCUT2D eigenvalue weighted by atomic mass is 10.1. The molecule has 3 amide bonds. The molecule has 2 N–H and O–H groups in total. The van der Waals surface area contributed by atoms with Crippen LogP contribution in [-0.4, -0.2) is 30.8 Å². The number of aryl methyl sites for hydroxylation is 1. The van der Waals surface area contributed by atoms with E-state index in [1.807, 2.05) is 18.2 Å². The molecule has 2 aromatic carbocycles. The zero-order valence-electron chi connectivity index (χ0n) is 15.7. The molecule has 0 atom stereocenters. The van der Waals surface area contributed by atoms with Crippen LogP contribution in [0.3, 0.4) is 0 Å². The van der Waals surface area contributed by atoms with Gasteiger partial charge >= 0.3 is 0 Å². The molecule has 0 heterocycles. The molecule has 0 aliphatic carbocycles. The van der Waals surface area contributed by atoms with E-state index in [1.165, 1.54) is 24.3 Å². The van der Waals surface area contributed by atoms with Crippen molar-refractivity contribution in [3.8, 4) is 0 Å². The Labute approximate surface area is 159 Å². The number of carbonyl (C=O) groups excluding carboxylic acids is 3. The quantitative estimate of drug-likeness (QED) is 0.704. The van der Waals surface area contributed by atoms with E-state index in [-0.39, 0.29) is 24.3 Å². The van der Waals surface area contributed by atoms with Crippen molar-refractivity contribution in [2.24, 2.45) is 0 Å². The molecule has 2 rings (SSSR count). The molecule has 142 valence electrons. The lowest BCUT2D eigenvalue weighted by molar-refractivity contribution is -0.123. The Morgan fingerprint density at radius 1 is 0.963 bits per heavy atom. The zero-order chi connectivity index (χ0) is 19.6. The highest BCUT2D eigenvalue weighted by Gasteiger charge is 2.16. The second kappa shape index (κ2) is 10.1. The third-order valence-electron chi connectivity index (χ3n) is 3.97. The Bertz CT molecular complexity index is 790. The van der Waals surface area contributed by atoms with Crippen LogP contribution in [0.4, 0.5) is 11.4 Å². The topological polar surface area (TPSA) is 78.5 Å². The molecule has 0 saturated carbocycles. The van der Waals surface area contributed by atoms with E-state index < -0.39 is 0 Å². The van der Waals surface area contributed by atoms with Gasteiger partial charge in [-0.25, -0.2) is 0 Å². The molecule has 6 heteroatoms. The van der Waals surface area contributed by atoms with Gasteiger partial charge in [-0.1, -0.05) is 36.4 Å². The predicted molar refractivity (Wildman–Crippen MR) is 107 cm³/mol. The number of rotatable bonds is 8. The maximum Gasteiger partial charge on any atom is 0.240 e. The molecule has 0 saturated heterocycles. The SMILES string of the molecule is CC(=O)Nc1cccc(N(CC(=O)NCCCc2ccccc2)C(C)=O)c1. The van der Waals surface area contributed by atoms with Gasteiger partial charge in [0.1, 0.15) is 6.54 Å². The lowest BCUT2D eigenvalue weighted by Gasteiger charge is -2.21. The Balaban J connectivity index is 1.88. The van der Waals surface area contributed by atoms with Gasteiger partial charge in [0.05, 0.1) is 0 Å². The van der Waals surface area contributed by atoms with Gasteiger partial charge in [0.2, 0.25) is 17.7 Å². The number of benzene rings is 2. The average Bonchev–Trinajstić information content (AvgIpc) is 2.63. The van der Waals surface area contributed by atoms with Crippen molar-refractivity contribution in [3.05, 3.63) is 60.2 Å². The number of anilines is 2. The molecule has 27 heavy (non-hydrogen) atoms. The first-order valence-corrected chi connectivity index (χ1v) is 8.92. The van der Waals surface area contributed by atoms with Crippen LogP contribution in [0.5, 0.6) is 0 Å². The van der Waals surface area contributed by atoms with Crippen molar-refractivity contribution in [1.82, 2.24) is 5.32 Å². The van der Waals surface area contributed by atoms with Gasteiger partial charge in [-0.2, -0.15) is 0 Å². The molecule has 6 nitrogen and oxygen atoms in total. The molecule has 0 spiro atoms. The summed E-state index contributed by atoms with van der Waals surface area (Å²) in [6.45, 7) is 3.31. The highest BCUT2D eigenvalue weighted by atomic mass is 16.2. The maximum absolute atomic E-state index is 12.2. The Kier molecular flexibility index (Phi) is 7.55. The molecule has 0 aromatic heterocycles. The second-order valence-electron chi connectivity index (χ2n) is 6.28. The first-order chi connectivity index (χ1) is 13.0. The van der Waals surface area contributed by atoms with E-state index in [1.54, 1.807) is 24.3 Å². The van der Waals surface area contributed by atoms with Crippen molar-refractivity contribution >= 4 is 29.1 Å². The summed E-state index contributed by atoms with van der Waals surface area (Å²) in [7, 11) is 0. The van der Waals surface area contributed by atoms with Gasteiger partial charge in [-0.3, -0.25) is 14.4 Å². The summed E-state index contributed by atoms with van der Waals surface area (Å²) in [5.74, 6) is -0.657. The van der Waals surface area contributed by atoms with Crippen LogP contribution in [0.2, 0.25) is 0 Å². The number of amides is 3. The van der Waals surface area contributed by atoms with Crippen molar-refractivity contribution in [1.29, 1.82) is 0 Å². The van der Waals surface area contributed by atoms with Gasteiger partial charge in [0.15, 0.2) is 0 Å². The molecule has 0 radical (unpaired) electrons. The molecule has 0 aliphatic heterocycles. The Morgan fingerprint density at radius 2 is 1.70 bits per heavy atom. The van der Waals surface area contributed by atoms with Crippen LogP contribution >= 0.6 is 0 Å². The van der Waals surface area contributed by atoms with Crippen LogP contribution in [0.1, 0.15) is 25.8 Å². The molecular formula is C21H25N3O3. The minimum absolute atomic E-state index is 0.0653. The molecule has 0 bridgehead atoms. The van der Waals surface area contributed by atoms with E-state index in [2.05, 4.69) is 22.8 Å². The van der Waals surface area contributed by atoms with Gasteiger partial charge in [0, 0.05) is 31.8 Å². The van der Waals surface area contributed by atoms with Crippen LogP contribution in [-0.2, 0) is 20.8 Å². The van der Waals surface area contributed by atoms with Crippen LogP contribution < -0.4 is 15.5 Å². The highest BCUT2D eigenvalue weighted by Crippen LogP contribution is 2.19. The lowest BCUT2D eigenvalue weighted by Crippen LogP contribution is -2.40. The summed E-state index contributed by atoms with van der Waals surface area (Å²) in [6.07, 6.45) is 1.71. The van der Waals surface area contributed by atoms with Gasteiger partial charge < -0.3 is 15.5 Å². The maximum atomic E-state index is 12.2. The first-order valence-electron chi connectivity index (χ1n) is 8.92. The fraction of sp³-hybridized carbons (Fsp3) is 0.286. The molecular weight excluding hydrogens is 342 g/mol. The molecule has 2 aromatic rings. The van der Waals surface area contributed by atoms with E-state index in [0.717, 1.165) is 12.8 Å². The third-order valence-corrected chi connectivity index (χ3v) is 3.97. The summed E-state index contributed by atoms with van der Waals surface area (Å²) in [6, 6.07) is 16.9. The van der Waals surface area contributed by atoms with Crippen LogP contribution in [0, 0.1) is 0 Å². The van der Waals surface area contributed by atoms with Gasteiger partial charge in [-0.15, -0.1) is 0 Å². The van der Waals surface area contributed by atoms with E-state index in [4.69, 9.17) is 0 Å². The second-order valence-corrected chi connectivity index (χ2v) is 6.28. The summed E-state index contributed by atoms with van der Waals surface area (Å²) in [4.78, 5) is 36.8. The summed E-state index contributed by atoms with van der Waals surface area (Å²) in [5, 5.41) is 5.52. The molecule has 0 aliphatic rings. The van der Waals surface area contributed by atoms with Crippen molar-refractivity contribution in [2.75, 3.05) is 23.3 Å². The Hall–Kier alpha value is -3.15. The predicted octanol–water partition coefficient (Wildman–Crippen LogP) is 2.75. The van der Waals surface area contributed by atoms with Crippen LogP contribution in [0.25, 0.3) is 0 Å². The summed E-state index contributed by atoms with van der Waals surface area (Å²) < 4.78 is 0. The van der Waals surface area contributed by atoms with E-state index >= 15 is 0 Å². The smallest absolute Gasteiger partial charge is 0.240 e. The number of carbonyl (C=O) groups is 3. The highest BCUT2D eigenvalue weighted by molar-refractivity contribution is 5.98. The minimum atomic E-state index is -0.241. The van der Waals surface area contributed by atoms with Crippen molar-refractivity contribution in [2.45, 2.75) is 26.7 Å². The fourth-order valence-corrected chi connectivity index (χ4v) is 2.70. The molecule has 0 fully saturated rings. The summed E-state index contributed by atoms with van der Waals surface area (Å²) >= 11 is 0. The zero-order valence-corrected chi connectivity index (χ0v) is 15.7. The van der Waals surface area contributed by atoms with Crippen molar-refractivity contribution in [3.63, 3.8) is 0 Å². The van der Waals surface area contributed by atoms with Gasteiger partial charge in [0.25, 0.3) is 0 Å². The number of nitrogens with one attached hydrogen (secondary N) is 2. The minimum Gasteiger partial charge on any atom is -0.355 e. The normalized spacial score (nSPS) is 10.1. The monoisotopic (exact) mass is 367 g/mol.